The third-order valence-electron chi connectivity index (χ3n) is 2.80. The lowest BCUT2D eigenvalue weighted by Gasteiger charge is -2.18. The maximum absolute atomic E-state index is 14.0. The molecule has 0 bridgehead atoms. The first-order valence-corrected chi connectivity index (χ1v) is 7.58. The summed E-state index contributed by atoms with van der Waals surface area (Å²) in [6.45, 7) is 4.60. The number of hydrogen-bond acceptors (Lipinski definition) is 2. The van der Waals surface area contributed by atoms with Crippen molar-refractivity contribution in [1.29, 1.82) is 0 Å². The molecule has 19 heavy (non-hydrogen) atoms. The summed E-state index contributed by atoms with van der Waals surface area (Å²) >= 11 is 5.06. The summed E-state index contributed by atoms with van der Waals surface area (Å²) in [5.74, 6) is -1.60. The zero-order chi connectivity index (χ0) is 14.0. The highest BCUT2D eigenvalue weighted by Crippen LogP contribution is 2.36. The minimum Gasteiger partial charge on any atom is -0.306 e. The fourth-order valence-electron chi connectivity index (χ4n) is 1.99. The molecule has 2 aromatic rings. The fourth-order valence-corrected chi connectivity index (χ4v) is 3.96. The Kier molecular flexibility index (Phi) is 4.71. The molecule has 0 fully saturated rings. The average molecular weight is 346 g/mol. The second-order valence-electron chi connectivity index (χ2n) is 4.20. The first kappa shape index (κ1) is 14.6. The van der Waals surface area contributed by atoms with Crippen molar-refractivity contribution in [2.45, 2.75) is 19.9 Å². The Morgan fingerprint density at radius 1 is 1.37 bits per heavy atom. The molecule has 1 heterocycles. The van der Waals surface area contributed by atoms with Crippen molar-refractivity contribution >= 4 is 27.3 Å². The number of hydrogen-bond donors (Lipinski definition) is 1. The third kappa shape index (κ3) is 3.04. The van der Waals surface area contributed by atoms with E-state index in [2.05, 4.69) is 21.2 Å². The van der Waals surface area contributed by atoms with Crippen molar-refractivity contribution in [2.24, 2.45) is 0 Å². The molecule has 0 aliphatic carbocycles. The molecule has 5 heteroatoms. The van der Waals surface area contributed by atoms with E-state index in [0.717, 1.165) is 20.3 Å². The largest absolute Gasteiger partial charge is 0.306 e. The predicted molar refractivity (Wildman–Crippen MR) is 78.6 cm³/mol. The molecule has 1 N–H and O–H groups in total. The van der Waals surface area contributed by atoms with Gasteiger partial charge in [-0.3, -0.25) is 0 Å². The first-order valence-electron chi connectivity index (χ1n) is 5.97. The highest BCUT2D eigenvalue weighted by atomic mass is 79.9. The van der Waals surface area contributed by atoms with E-state index in [0.29, 0.717) is 12.1 Å². The highest BCUT2D eigenvalue weighted by molar-refractivity contribution is 9.10. The SMILES string of the molecule is CCNC(c1cccc(F)c1F)c1sc(C)cc1Br. The van der Waals surface area contributed by atoms with Crippen molar-refractivity contribution in [1.82, 2.24) is 5.32 Å². The molecule has 1 aromatic heterocycles. The second kappa shape index (κ2) is 6.11. The predicted octanol–water partition coefficient (Wildman–Crippen LogP) is 4.80. The molecule has 0 radical (unpaired) electrons. The van der Waals surface area contributed by atoms with E-state index in [1.807, 2.05) is 19.9 Å². The molecule has 0 spiro atoms. The monoisotopic (exact) mass is 345 g/mol. The Bertz CT molecular complexity index is 583. The van der Waals surface area contributed by atoms with Gasteiger partial charge in [0.05, 0.1) is 6.04 Å². The third-order valence-corrected chi connectivity index (χ3v) is 4.83. The summed E-state index contributed by atoms with van der Waals surface area (Å²) in [5.41, 5.74) is 0.337. The van der Waals surface area contributed by atoms with Gasteiger partial charge in [-0.05, 0) is 41.5 Å². The van der Waals surface area contributed by atoms with Gasteiger partial charge in [0.25, 0.3) is 0 Å². The van der Waals surface area contributed by atoms with Gasteiger partial charge in [0.2, 0.25) is 0 Å². The van der Waals surface area contributed by atoms with E-state index in [1.54, 1.807) is 17.4 Å². The fraction of sp³-hybridized carbons (Fsp3) is 0.286. The van der Waals surface area contributed by atoms with Crippen LogP contribution in [0.25, 0.3) is 0 Å². The molecular formula is C14H14BrF2NS. The van der Waals surface area contributed by atoms with Crippen LogP contribution in [0.2, 0.25) is 0 Å². The number of benzene rings is 1. The van der Waals surface area contributed by atoms with Gasteiger partial charge in [0.15, 0.2) is 11.6 Å². The smallest absolute Gasteiger partial charge is 0.163 e. The summed E-state index contributed by atoms with van der Waals surface area (Å²) in [5, 5.41) is 3.21. The first-order chi connectivity index (χ1) is 9.04. The van der Waals surface area contributed by atoms with Crippen molar-refractivity contribution in [2.75, 3.05) is 6.54 Å². The zero-order valence-corrected chi connectivity index (χ0v) is 13.0. The van der Waals surface area contributed by atoms with Crippen molar-refractivity contribution < 1.29 is 8.78 Å². The quantitative estimate of drug-likeness (QED) is 0.839. The van der Waals surface area contributed by atoms with Crippen LogP contribution in [0.4, 0.5) is 8.78 Å². The highest BCUT2D eigenvalue weighted by Gasteiger charge is 2.22. The van der Waals surface area contributed by atoms with E-state index in [1.165, 1.54) is 6.07 Å². The van der Waals surface area contributed by atoms with Crippen LogP contribution in [-0.4, -0.2) is 6.54 Å². The van der Waals surface area contributed by atoms with Crippen LogP contribution in [0.1, 0.15) is 28.3 Å². The van der Waals surface area contributed by atoms with Crippen LogP contribution in [0, 0.1) is 18.6 Å². The summed E-state index contributed by atoms with van der Waals surface area (Å²) in [6.07, 6.45) is 0. The van der Waals surface area contributed by atoms with Gasteiger partial charge in [-0.15, -0.1) is 11.3 Å². The normalized spacial score (nSPS) is 12.7. The molecule has 102 valence electrons. The molecule has 1 nitrogen and oxygen atoms in total. The van der Waals surface area contributed by atoms with E-state index in [4.69, 9.17) is 0 Å². The Morgan fingerprint density at radius 2 is 2.11 bits per heavy atom. The summed E-state index contributed by atoms with van der Waals surface area (Å²) in [7, 11) is 0. The minimum atomic E-state index is -0.815. The molecule has 0 amide bonds. The van der Waals surface area contributed by atoms with Gasteiger partial charge >= 0.3 is 0 Å². The molecule has 0 saturated carbocycles. The zero-order valence-electron chi connectivity index (χ0n) is 10.6. The van der Waals surface area contributed by atoms with Crippen molar-refractivity contribution in [3.8, 4) is 0 Å². The van der Waals surface area contributed by atoms with Gasteiger partial charge in [-0.1, -0.05) is 19.1 Å². The summed E-state index contributed by atoms with van der Waals surface area (Å²) in [4.78, 5) is 2.09. The standard InChI is InChI=1S/C14H14BrF2NS/c1-3-18-13(14-10(15)7-8(2)19-14)9-5-4-6-11(16)12(9)17/h4-7,13,18H,3H2,1-2H3. The Labute approximate surface area is 123 Å². The van der Waals surface area contributed by atoms with E-state index in [9.17, 15) is 8.78 Å². The molecule has 1 aromatic carbocycles. The molecule has 0 aliphatic rings. The molecule has 1 atom stereocenters. The molecule has 2 rings (SSSR count). The average Bonchev–Trinajstić information content (AvgIpc) is 2.69. The number of halogens is 3. The topological polar surface area (TPSA) is 12.0 Å². The number of nitrogens with one attached hydrogen (secondary N) is 1. The van der Waals surface area contributed by atoms with E-state index in [-0.39, 0.29) is 6.04 Å². The Balaban J connectivity index is 2.51. The lowest BCUT2D eigenvalue weighted by Crippen LogP contribution is -2.22. The molecule has 0 aliphatic heterocycles. The van der Waals surface area contributed by atoms with Gasteiger partial charge in [0.1, 0.15) is 0 Å². The van der Waals surface area contributed by atoms with Gasteiger partial charge < -0.3 is 5.32 Å². The summed E-state index contributed by atoms with van der Waals surface area (Å²) in [6, 6.07) is 5.94. The lowest BCUT2D eigenvalue weighted by molar-refractivity contribution is 0.484. The van der Waals surface area contributed by atoms with Crippen LogP contribution < -0.4 is 5.32 Å². The van der Waals surface area contributed by atoms with Gasteiger partial charge in [-0.25, -0.2) is 8.78 Å². The maximum Gasteiger partial charge on any atom is 0.163 e. The second-order valence-corrected chi connectivity index (χ2v) is 6.35. The van der Waals surface area contributed by atoms with Crippen LogP contribution in [-0.2, 0) is 0 Å². The van der Waals surface area contributed by atoms with Crippen LogP contribution in [0.5, 0.6) is 0 Å². The molecule has 1 unspecified atom stereocenters. The minimum absolute atomic E-state index is 0.337. The number of aryl methyl sites for hydroxylation is 1. The Hall–Kier alpha value is -0.780. The summed E-state index contributed by atoms with van der Waals surface area (Å²) < 4.78 is 28.3. The van der Waals surface area contributed by atoms with Gasteiger partial charge in [-0.2, -0.15) is 0 Å². The van der Waals surface area contributed by atoms with Crippen LogP contribution in [0.3, 0.4) is 0 Å². The van der Waals surface area contributed by atoms with Crippen LogP contribution in [0.15, 0.2) is 28.7 Å². The Morgan fingerprint density at radius 3 is 2.68 bits per heavy atom. The van der Waals surface area contributed by atoms with Gasteiger partial charge in [0, 0.05) is 19.8 Å². The lowest BCUT2D eigenvalue weighted by atomic mass is 10.0. The number of rotatable bonds is 4. The van der Waals surface area contributed by atoms with Crippen molar-refractivity contribution in [3.05, 3.63) is 55.7 Å². The maximum atomic E-state index is 14.0. The molecular weight excluding hydrogens is 332 g/mol. The van der Waals surface area contributed by atoms with E-state index >= 15 is 0 Å². The van der Waals surface area contributed by atoms with E-state index < -0.39 is 11.6 Å². The van der Waals surface area contributed by atoms with Crippen molar-refractivity contribution in [3.63, 3.8) is 0 Å². The number of thiophene rings is 1. The molecule has 0 saturated heterocycles. The van der Waals surface area contributed by atoms with Crippen LogP contribution >= 0.6 is 27.3 Å².